The lowest BCUT2D eigenvalue weighted by Gasteiger charge is -2.25. The largest absolute Gasteiger partial charge is 0.507 e. The molecule has 0 aliphatic carbocycles. The van der Waals surface area contributed by atoms with Gasteiger partial charge in [0.2, 0.25) is 0 Å². The number of rotatable bonds is 6. The Kier molecular flexibility index (Phi) is 5.77. The first-order chi connectivity index (χ1) is 15.0. The normalized spacial score (nSPS) is 17.7. The molecule has 2 aromatic carbocycles. The standard InChI is InChI=1S/C24H21NO5S/c1-29-17-9-5-15(6-10-17)21-20(22(26)16-7-11-18(30-2)12-8-16)23(27)24(28)25(21)14-19-4-3-13-31-19/h3-13,21,26H,14H2,1-2H3/b22-20+. The molecule has 4 rings (SSSR count). The van der Waals surface area contributed by atoms with E-state index in [1.807, 2.05) is 17.5 Å². The van der Waals surface area contributed by atoms with Gasteiger partial charge in [0.05, 0.1) is 32.4 Å². The van der Waals surface area contributed by atoms with E-state index in [2.05, 4.69) is 0 Å². The SMILES string of the molecule is COc1ccc(/C(O)=C2\C(=O)C(=O)N(Cc3cccs3)C2c2ccc(OC)cc2)cc1. The first kappa shape index (κ1) is 20.7. The van der Waals surface area contributed by atoms with Gasteiger partial charge in [0, 0.05) is 10.4 Å². The van der Waals surface area contributed by atoms with Crippen LogP contribution in [-0.2, 0) is 16.1 Å². The van der Waals surface area contributed by atoms with Crippen LogP contribution < -0.4 is 9.47 Å². The Balaban J connectivity index is 1.83. The topological polar surface area (TPSA) is 76.1 Å². The van der Waals surface area contributed by atoms with Gasteiger partial charge in [0.1, 0.15) is 17.3 Å². The predicted molar refractivity (Wildman–Crippen MR) is 118 cm³/mol. The Hall–Kier alpha value is -3.58. The maximum Gasteiger partial charge on any atom is 0.295 e. The molecule has 0 spiro atoms. The van der Waals surface area contributed by atoms with Gasteiger partial charge < -0.3 is 19.5 Å². The van der Waals surface area contributed by atoms with Crippen LogP contribution >= 0.6 is 11.3 Å². The summed E-state index contributed by atoms with van der Waals surface area (Å²) in [4.78, 5) is 28.5. The number of ether oxygens (including phenoxy) is 2. The van der Waals surface area contributed by atoms with Crippen molar-refractivity contribution in [1.29, 1.82) is 0 Å². The Morgan fingerprint density at radius 2 is 1.58 bits per heavy atom. The Labute approximate surface area is 184 Å². The second-order valence-electron chi connectivity index (χ2n) is 7.01. The van der Waals surface area contributed by atoms with E-state index in [9.17, 15) is 14.7 Å². The second kappa shape index (κ2) is 8.65. The van der Waals surface area contributed by atoms with E-state index in [-0.39, 0.29) is 17.9 Å². The number of aliphatic hydroxyl groups excluding tert-OH is 1. The summed E-state index contributed by atoms with van der Waals surface area (Å²) < 4.78 is 10.4. The zero-order valence-corrected chi connectivity index (χ0v) is 17.9. The highest BCUT2D eigenvalue weighted by molar-refractivity contribution is 7.09. The van der Waals surface area contributed by atoms with Gasteiger partial charge >= 0.3 is 0 Å². The number of Topliss-reactive ketones (excluding diaryl/α,β-unsaturated/α-hetero) is 1. The van der Waals surface area contributed by atoms with Crippen LogP contribution in [0.2, 0.25) is 0 Å². The molecule has 1 fully saturated rings. The Morgan fingerprint density at radius 1 is 0.968 bits per heavy atom. The van der Waals surface area contributed by atoms with E-state index in [1.54, 1.807) is 62.8 Å². The number of hydrogen-bond donors (Lipinski definition) is 1. The van der Waals surface area contributed by atoms with E-state index in [0.717, 1.165) is 4.88 Å². The van der Waals surface area contributed by atoms with Gasteiger partial charge in [-0.1, -0.05) is 18.2 Å². The number of aliphatic hydroxyl groups is 1. The van der Waals surface area contributed by atoms with Crippen molar-refractivity contribution in [2.75, 3.05) is 14.2 Å². The highest BCUT2D eigenvalue weighted by atomic mass is 32.1. The lowest BCUT2D eigenvalue weighted by atomic mass is 9.95. The summed E-state index contributed by atoms with van der Waals surface area (Å²) in [5, 5.41) is 13.0. The predicted octanol–water partition coefficient (Wildman–Crippen LogP) is 4.39. The van der Waals surface area contributed by atoms with Gasteiger partial charge in [0.15, 0.2) is 0 Å². The summed E-state index contributed by atoms with van der Waals surface area (Å²) in [7, 11) is 3.12. The molecule has 3 aromatic rings. The van der Waals surface area contributed by atoms with Crippen LogP contribution in [0.5, 0.6) is 11.5 Å². The van der Waals surface area contributed by atoms with Gasteiger partial charge in [0.25, 0.3) is 11.7 Å². The van der Waals surface area contributed by atoms with E-state index in [0.29, 0.717) is 22.6 Å². The number of benzene rings is 2. The van der Waals surface area contributed by atoms with Crippen molar-refractivity contribution >= 4 is 28.8 Å². The number of carbonyl (C=O) groups is 2. The van der Waals surface area contributed by atoms with Crippen LogP contribution in [0.4, 0.5) is 0 Å². The molecule has 31 heavy (non-hydrogen) atoms. The minimum atomic E-state index is -0.713. The molecule has 1 atom stereocenters. The second-order valence-corrected chi connectivity index (χ2v) is 8.04. The fourth-order valence-electron chi connectivity index (χ4n) is 3.65. The van der Waals surface area contributed by atoms with Crippen molar-refractivity contribution in [3.63, 3.8) is 0 Å². The van der Waals surface area contributed by atoms with Gasteiger partial charge in [-0.3, -0.25) is 9.59 Å². The summed E-state index contributed by atoms with van der Waals surface area (Å²) in [5.41, 5.74) is 1.22. The third-order valence-corrected chi connectivity index (χ3v) is 6.10. The van der Waals surface area contributed by atoms with Crippen molar-refractivity contribution in [1.82, 2.24) is 4.90 Å². The number of likely N-dealkylation sites (tertiary alicyclic amines) is 1. The third kappa shape index (κ3) is 3.92. The average Bonchev–Trinajstić information content (AvgIpc) is 3.41. The molecule has 158 valence electrons. The van der Waals surface area contributed by atoms with Crippen LogP contribution in [0.3, 0.4) is 0 Å². The maximum absolute atomic E-state index is 13.0. The maximum atomic E-state index is 13.0. The average molecular weight is 436 g/mol. The Bertz CT molecular complexity index is 1120. The van der Waals surface area contributed by atoms with Gasteiger partial charge in [-0.05, 0) is 53.4 Å². The van der Waals surface area contributed by atoms with Crippen LogP contribution in [0.1, 0.15) is 22.0 Å². The highest BCUT2D eigenvalue weighted by Crippen LogP contribution is 2.41. The molecule has 0 bridgehead atoms. The quantitative estimate of drug-likeness (QED) is 0.353. The molecule has 6 nitrogen and oxygen atoms in total. The number of carbonyl (C=O) groups excluding carboxylic acids is 2. The number of amides is 1. The Morgan fingerprint density at radius 3 is 2.13 bits per heavy atom. The molecule has 1 amide bonds. The molecule has 1 aliphatic heterocycles. The fraction of sp³-hybridized carbons (Fsp3) is 0.167. The molecule has 7 heteroatoms. The summed E-state index contributed by atoms with van der Waals surface area (Å²) in [6, 6.07) is 17.0. The third-order valence-electron chi connectivity index (χ3n) is 5.24. The van der Waals surface area contributed by atoms with E-state index < -0.39 is 17.7 Å². The smallest absolute Gasteiger partial charge is 0.295 e. The number of methoxy groups -OCH3 is 2. The molecule has 0 radical (unpaired) electrons. The molecule has 2 heterocycles. The summed E-state index contributed by atoms with van der Waals surface area (Å²) >= 11 is 1.51. The van der Waals surface area contributed by atoms with Crippen molar-refractivity contribution in [2.24, 2.45) is 0 Å². The summed E-state index contributed by atoms with van der Waals surface area (Å²) in [6.45, 7) is 0.276. The lowest BCUT2D eigenvalue weighted by Crippen LogP contribution is -2.28. The van der Waals surface area contributed by atoms with E-state index >= 15 is 0 Å². The summed E-state index contributed by atoms with van der Waals surface area (Å²) in [6.07, 6.45) is 0. The fourth-order valence-corrected chi connectivity index (χ4v) is 4.35. The number of ketones is 1. The first-order valence-electron chi connectivity index (χ1n) is 9.62. The molecule has 1 aromatic heterocycles. The molecular weight excluding hydrogens is 414 g/mol. The van der Waals surface area contributed by atoms with Crippen molar-refractivity contribution in [3.8, 4) is 11.5 Å². The highest BCUT2D eigenvalue weighted by Gasteiger charge is 2.46. The zero-order chi connectivity index (χ0) is 22.0. The van der Waals surface area contributed by atoms with Crippen LogP contribution in [0.15, 0.2) is 71.6 Å². The van der Waals surface area contributed by atoms with E-state index in [4.69, 9.17) is 9.47 Å². The van der Waals surface area contributed by atoms with Crippen molar-refractivity contribution in [2.45, 2.75) is 12.6 Å². The van der Waals surface area contributed by atoms with Gasteiger partial charge in [-0.2, -0.15) is 0 Å². The van der Waals surface area contributed by atoms with Crippen molar-refractivity contribution in [3.05, 3.63) is 87.6 Å². The van der Waals surface area contributed by atoms with Crippen molar-refractivity contribution < 1.29 is 24.2 Å². The monoisotopic (exact) mass is 435 g/mol. The van der Waals surface area contributed by atoms with Crippen LogP contribution in [0.25, 0.3) is 5.76 Å². The van der Waals surface area contributed by atoms with Crippen LogP contribution in [0, 0.1) is 0 Å². The van der Waals surface area contributed by atoms with Gasteiger partial charge in [-0.25, -0.2) is 0 Å². The van der Waals surface area contributed by atoms with Gasteiger partial charge in [-0.15, -0.1) is 11.3 Å². The number of thiophene rings is 1. The molecule has 1 saturated heterocycles. The molecule has 1 N–H and O–H groups in total. The lowest BCUT2D eigenvalue weighted by molar-refractivity contribution is -0.140. The number of nitrogens with zero attached hydrogens (tertiary/aromatic N) is 1. The minimum absolute atomic E-state index is 0.0666. The first-order valence-corrected chi connectivity index (χ1v) is 10.5. The molecule has 0 saturated carbocycles. The summed E-state index contributed by atoms with van der Waals surface area (Å²) in [5.74, 6) is -0.263. The molecular formula is C24H21NO5S. The zero-order valence-electron chi connectivity index (χ0n) is 17.1. The minimum Gasteiger partial charge on any atom is -0.507 e. The number of hydrogen-bond acceptors (Lipinski definition) is 6. The molecule has 1 aliphatic rings. The van der Waals surface area contributed by atoms with Crippen LogP contribution in [-0.4, -0.2) is 35.9 Å². The van der Waals surface area contributed by atoms with E-state index in [1.165, 1.54) is 16.2 Å². The molecule has 1 unspecified atom stereocenters.